The third-order valence-electron chi connectivity index (χ3n) is 3.94. The lowest BCUT2D eigenvalue weighted by Crippen LogP contribution is -2.48. The van der Waals surface area contributed by atoms with Crippen LogP contribution in [0.25, 0.3) is 0 Å². The fraction of sp³-hybridized carbons (Fsp3) is 0.643. The minimum Gasteiger partial charge on any atom is -0.481 e. The van der Waals surface area contributed by atoms with Crippen molar-refractivity contribution in [2.24, 2.45) is 0 Å². The van der Waals surface area contributed by atoms with Gasteiger partial charge in [0.2, 0.25) is 0 Å². The average Bonchev–Trinajstić information content (AvgIpc) is 2.88. The van der Waals surface area contributed by atoms with E-state index in [0.29, 0.717) is 19.5 Å². The highest BCUT2D eigenvalue weighted by atomic mass is 16.4. The van der Waals surface area contributed by atoms with Crippen LogP contribution < -0.4 is 5.32 Å². The van der Waals surface area contributed by atoms with Crippen molar-refractivity contribution in [3.8, 4) is 0 Å². The standard InChI is InChI=1S/C14H22N4O3/c1-10-11(9-16-17-10)8-15-14(21)18-7-3-2-4-12(18)5-6-13(19)20/h9,12H,2-8H2,1H3,(H,15,21)(H,16,17)(H,19,20). The summed E-state index contributed by atoms with van der Waals surface area (Å²) in [6.45, 7) is 3.04. The minimum absolute atomic E-state index is 0.0281. The molecule has 2 amide bonds. The van der Waals surface area contributed by atoms with E-state index in [4.69, 9.17) is 5.11 Å². The molecule has 1 unspecified atom stereocenters. The van der Waals surface area contributed by atoms with E-state index in [1.165, 1.54) is 0 Å². The Morgan fingerprint density at radius 1 is 1.52 bits per heavy atom. The molecule has 0 saturated carbocycles. The normalized spacial score (nSPS) is 18.5. The molecule has 116 valence electrons. The van der Waals surface area contributed by atoms with E-state index >= 15 is 0 Å². The maximum absolute atomic E-state index is 12.3. The van der Waals surface area contributed by atoms with Crippen molar-refractivity contribution in [3.05, 3.63) is 17.5 Å². The Morgan fingerprint density at radius 2 is 2.33 bits per heavy atom. The van der Waals surface area contributed by atoms with Crippen molar-refractivity contribution in [3.63, 3.8) is 0 Å². The highest BCUT2D eigenvalue weighted by molar-refractivity contribution is 5.75. The molecule has 0 radical (unpaired) electrons. The van der Waals surface area contributed by atoms with Crippen molar-refractivity contribution in [1.29, 1.82) is 0 Å². The van der Waals surface area contributed by atoms with Gasteiger partial charge in [0.05, 0.1) is 6.20 Å². The van der Waals surface area contributed by atoms with Gasteiger partial charge in [-0.05, 0) is 32.6 Å². The van der Waals surface area contributed by atoms with Crippen LogP contribution in [0.5, 0.6) is 0 Å². The highest BCUT2D eigenvalue weighted by Gasteiger charge is 2.26. The minimum atomic E-state index is -0.810. The zero-order chi connectivity index (χ0) is 15.2. The third-order valence-corrected chi connectivity index (χ3v) is 3.94. The van der Waals surface area contributed by atoms with Gasteiger partial charge < -0.3 is 15.3 Å². The van der Waals surface area contributed by atoms with Gasteiger partial charge in [0.1, 0.15) is 0 Å². The number of urea groups is 1. The molecular weight excluding hydrogens is 272 g/mol. The van der Waals surface area contributed by atoms with Gasteiger partial charge in [0, 0.05) is 36.8 Å². The molecule has 0 spiro atoms. The smallest absolute Gasteiger partial charge is 0.317 e. The Labute approximate surface area is 123 Å². The second kappa shape index (κ2) is 7.10. The number of nitrogens with one attached hydrogen (secondary N) is 2. The highest BCUT2D eigenvalue weighted by Crippen LogP contribution is 2.21. The number of H-pyrrole nitrogens is 1. The molecular formula is C14H22N4O3. The van der Waals surface area contributed by atoms with E-state index < -0.39 is 5.97 Å². The molecule has 2 heterocycles. The number of hydrogen-bond acceptors (Lipinski definition) is 3. The zero-order valence-corrected chi connectivity index (χ0v) is 12.3. The molecule has 1 atom stereocenters. The number of aryl methyl sites for hydroxylation is 1. The molecule has 7 nitrogen and oxygen atoms in total. The van der Waals surface area contributed by atoms with Gasteiger partial charge in [-0.25, -0.2) is 4.79 Å². The molecule has 21 heavy (non-hydrogen) atoms. The number of hydrogen-bond donors (Lipinski definition) is 3. The topological polar surface area (TPSA) is 98.3 Å². The fourth-order valence-corrected chi connectivity index (χ4v) is 2.68. The predicted molar refractivity (Wildman–Crippen MR) is 76.8 cm³/mol. The third kappa shape index (κ3) is 4.21. The number of carbonyl (C=O) groups excluding carboxylic acids is 1. The molecule has 1 aliphatic rings. The predicted octanol–water partition coefficient (Wildman–Crippen LogP) is 1.65. The molecule has 0 aromatic carbocycles. The molecule has 2 rings (SSSR count). The van der Waals surface area contributed by atoms with Crippen LogP contribution in [0.2, 0.25) is 0 Å². The van der Waals surface area contributed by atoms with Crippen molar-refractivity contribution in [2.75, 3.05) is 6.54 Å². The van der Waals surface area contributed by atoms with Gasteiger partial charge in [-0.2, -0.15) is 5.10 Å². The number of carboxylic acid groups (broad SMARTS) is 1. The largest absolute Gasteiger partial charge is 0.481 e. The van der Waals surface area contributed by atoms with Crippen LogP contribution in [0.1, 0.15) is 43.4 Å². The first-order valence-corrected chi connectivity index (χ1v) is 7.33. The van der Waals surface area contributed by atoms with Crippen LogP contribution in [-0.4, -0.2) is 44.8 Å². The lowest BCUT2D eigenvalue weighted by molar-refractivity contribution is -0.137. The van der Waals surface area contributed by atoms with E-state index in [1.54, 1.807) is 11.1 Å². The Hall–Kier alpha value is -2.05. The van der Waals surface area contributed by atoms with E-state index in [0.717, 1.165) is 30.5 Å². The fourth-order valence-electron chi connectivity index (χ4n) is 2.68. The van der Waals surface area contributed by atoms with Crippen molar-refractivity contribution >= 4 is 12.0 Å². The van der Waals surface area contributed by atoms with Crippen molar-refractivity contribution < 1.29 is 14.7 Å². The first-order chi connectivity index (χ1) is 10.1. The number of aromatic amines is 1. The van der Waals surface area contributed by atoms with E-state index in [2.05, 4.69) is 15.5 Å². The Kier molecular flexibility index (Phi) is 5.19. The van der Waals surface area contributed by atoms with Crippen LogP contribution >= 0.6 is 0 Å². The van der Waals surface area contributed by atoms with E-state index in [1.807, 2.05) is 6.92 Å². The summed E-state index contributed by atoms with van der Waals surface area (Å²) in [5.41, 5.74) is 1.90. The van der Waals surface area contributed by atoms with Crippen molar-refractivity contribution in [2.45, 2.75) is 51.6 Å². The van der Waals surface area contributed by atoms with Crippen molar-refractivity contribution in [1.82, 2.24) is 20.4 Å². The van der Waals surface area contributed by atoms with Crippen LogP contribution in [0, 0.1) is 6.92 Å². The number of aliphatic carboxylic acids is 1. The van der Waals surface area contributed by atoms with Gasteiger partial charge in [-0.3, -0.25) is 9.89 Å². The molecule has 0 bridgehead atoms. The van der Waals surface area contributed by atoms with Crippen LogP contribution in [0.15, 0.2) is 6.20 Å². The molecule has 3 N–H and O–H groups in total. The number of likely N-dealkylation sites (tertiary alicyclic amines) is 1. The zero-order valence-electron chi connectivity index (χ0n) is 12.3. The monoisotopic (exact) mass is 294 g/mol. The summed E-state index contributed by atoms with van der Waals surface area (Å²) < 4.78 is 0. The van der Waals surface area contributed by atoms with Gasteiger partial charge in [-0.1, -0.05) is 0 Å². The number of carboxylic acids is 1. The summed E-state index contributed by atoms with van der Waals surface area (Å²) in [5, 5.41) is 18.4. The summed E-state index contributed by atoms with van der Waals surface area (Å²) in [4.78, 5) is 24.8. The average molecular weight is 294 g/mol. The van der Waals surface area contributed by atoms with Gasteiger partial charge in [-0.15, -0.1) is 0 Å². The number of nitrogens with zero attached hydrogens (tertiary/aromatic N) is 2. The SMILES string of the molecule is Cc1[nH]ncc1CNC(=O)N1CCCCC1CCC(=O)O. The van der Waals surface area contributed by atoms with Crippen LogP contribution in [-0.2, 0) is 11.3 Å². The number of carbonyl (C=O) groups is 2. The molecule has 7 heteroatoms. The summed E-state index contributed by atoms with van der Waals surface area (Å²) in [7, 11) is 0. The first-order valence-electron chi connectivity index (χ1n) is 7.33. The second-order valence-corrected chi connectivity index (χ2v) is 5.45. The maximum Gasteiger partial charge on any atom is 0.317 e. The molecule has 1 aliphatic heterocycles. The second-order valence-electron chi connectivity index (χ2n) is 5.45. The molecule has 1 saturated heterocycles. The Morgan fingerprint density at radius 3 is 3.00 bits per heavy atom. The number of aromatic nitrogens is 2. The number of rotatable bonds is 5. The summed E-state index contributed by atoms with van der Waals surface area (Å²) in [5.74, 6) is -0.810. The Bertz CT molecular complexity index is 500. The molecule has 1 aromatic heterocycles. The summed E-state index contributed by atoms with van der Waals surface area (Å²) >= 11 is 0. The summed E-state index contributed by atoms with van der Waals surface area (Å²) in [6.07, 6.45) is 5.23. The van der Waals surface area contributed by atoms with Crippen LogP contribution in [0.3, 0.4) is 0 Å². The molecule has 1 fully saturated rings. The Balaban J connectivity index is 1.88. The molecule has 1 aromatic rings. The molecule has 0 aliphatic carbocycles. The lowest BCUT2D eigenvalue weighted by Gasteiger charge is -2.35. The quantitative estimate of drug-likeness (QED) is 0.769. The number of amides is 2. The van der Waals surface area contributed by atoms with Gasteiger partial charge >= 0.3 is 12.0 Å². The van der Waals surface area contributed by atoms with Crippen LogP contribution in [0.4, 0.5) is 4.79 Å². The number of piperidine rings is 1. The summed E-state index contributed by atoms with van der Waals surface area (Å²) in [6, 6.07) is -0.0917. The first kappa shape index (κ1) is 15.3. The van der Waals surface area contributed by atoms with Gasteiger partial charge in [0.25, 0.3) is 0 Å². The van der Waals surface area contributed by atoms with Gasteiger partial charge in [0.15, 0.2) is 0 Å². The van der Waals surface area contributed by atoms with E-state index in [-0.39, 0.29) is 18.5 Å². The maximum atomic E-state index is 12.3. The van der Waals surface area contributed by atoms with E-state index in [9.17, 15) is 9.59 Å². The lowest BCUT2D eigenvalue weighted by atomic mass is 9.98.